The van der Waals surface area contributed by atoms with E-state index >= 15 is 0 Å². The summed E-state index contributed by atoms with van der Waals surface area (Å²) in [6, 6.07) is 54.7. The maximum atomic E-state index is 2.46. The fraction of sp³-hybridized carbons (Fsp3) is 0.156. The predicted octanol–water partition coefficient (Wildman–Crippen LogP) is 13.3. The van der Waals surface area contributed by atoms with Crippen molar-refractivity contribution in [1.29, 1.82) is 0 Å². The lowest BCUT2D eigenvalue weighted by Crippen LogP contribution is -1.94. The highest BCUT2D eigenvalue weighted by Gasteiger charge is 2.21. The highest BCUT2D eigenvalue weighted by Crippen LogP contribution is 2.45. The van der Waals surface area contributed by atoms with Gasteiger partial charge in [0.05, 0.1) is 11.0 Å². The van der Waals surface area contributed by atoms with Crippen LogP contribution >= 0.6 is 0 Å². The lowest BCUT2D eigenvalue weighted by molar-refractivity contribution is 0.733. The predicted molar refractivity (Wildman–Crippen MR) is 202 cm³/mol. The van der Waals surface area contributed by atoms with Crippen molar-refractivity contribution in [2.75, 3.05) is 0 Å². The van der Waals surface area contributed by atoms with Crippen LogP contribution in [-0.4, -0.2) is 4.57 Å². The van der Waals surface area contributed by atoms with E-state index < -0.39 is 0 Å². The van der Waals surface area contributed by atoms with Crippen molar-refractivity contribution in [3.63, 3.8) is 0 Å². The van der Waals surface area contributed by atoms with Crippen LogP contribution in [0.5, 0.6) is 0 Å². The van der Waals surface area contributed by atoms with Crippen molar-refractivity contribution in [2.24, 2.45) is 0 Å². The average molecular weight is 598 g/mol. The van der Waals surface area contributed by atoms with Crippen LogP contribution in [-0.2, 0) is 0 Å². The Kier molecular flexibility index (Phi) is 9.31. The number of para-hydroxylation sites is 1. The highest BCUT2D eigenvalue weighted by atomic mass is 15.0. The first-order valence-electron chi connectivity index (χ1n) is 16.7. The third-order valence-corrected chi connectivity index (χ3v) is 9.02. The minimum atomic E-state index is 0.709. The van der Waals surface area contributed by atoms with Gasteiger partial charge in [-0.25, -0.2) is 0 Å². The van der Waals surface area contributed by atoms with Gasteiger partial charge in [-0.2, -0.15) is 0 Å². The summed E-state index contributed by atoms with van der Waals surface area (Å²) in [6.45, 7) is 10.6. The maximum absolute atomic E-state index is 2.46. The fourth-order valence-electron chi connectivity index (χ4n) is 6.55. The van der Waals surface area contributed by atoms with E-state index in [1.54, 1.807) is 0 Å². The van der Waals surface area contributed by atoms with Crippen molar-refractivity contribution >= 4 is 43.4 Å². The number of fused-ring (bicyclic) bond motifs is 8. The van der Waals surface area contributed by atoms with E-state index in [4.69, 9.17) is 0 Å². The van der Waals surface area contributed by atoms with E-state index in [0.717, 1.165) is 0 Å². The average Bonchev–Trinajstić information content (AvgIpc) is 3.50. The van der Waals surface area contributed by atoms with Gasteiger partial charge in [-0.05, 0) is 70.3 Å². The van der Waals surface area contributed by atoms with Gasteiger partial charge in [-0.1, -0.05) is 167 Å². The Balaban J connectivity index is 0.000000265. The normalized spacial score (nSPS) is 11.6. The summed E-state index contributed by atoms with van der Waals surface area (Å²) in [7, 11) is 0. The second-order valence-corrected chi connectivity index (χ2v) is 11.8. The van der Waals surface area contributed by atoms with Gasteiger partial charge in [0.25, 0.3) is 0 Å². The topological polar surface area (TPSA) is 4.93 Å². The Bertz CT molecular complexity index is 2200. The van der Waals surface area contributed by atoms with Crippen LogP contribution < -0.4 is 0 Å². The largest absolute Gasteiger partial charge is 0.309 e. The zero-order chi connectivity index (χ0) is 32.0. The molecule has 0 radical (unpaired) electrons. The first-order valence-corrected chi connectivity index (χ1v) is 16.7. The van der Waals surface area contributed by atoms with E-state index in [0.29, 0.717) is 5.92 Å². The van der Waals surface area contributed by atoms with Crippen LogP contribution in [0.4, 0.5) is 0 Å². The Morgan fingerprint density at radius 1 is 0.522 bits per heavy atom. The summed E-state index contributed by atoms with van der Waals surface area (Å²) in [5, 5.41) is 7.82. The van der Waals surface area contributed by atoms with Crippen molar-refractivity contribution in [2.45, 2.75) is 47.0 Å². The minimum absolute atomic E-state index is 0.709. The summed E-state index contributed by atoms with van der Waals surface area (Å²) in [5.74, 6) is 0.709. The number of benzene rings is 7. The molecule has 0 saturated carbocycles. The van der Waals surface area contributed by atoms with Crippen molar-refractivity contribution in [3.05, 3.63) is 163 Å². The van der Waals surface area contributed by atoms with Crippen LogP contribution in [0.1, 0.15) is 51.2 Å². The molecule has 0 spiro atoms. The van der Waals surface area contributed by atoms with Gasteiger partial charge in [0.1, 0.15) is 0 Å². The summed E-state index contributed by atoms with van der Waals surface area (Å²) in [4.78, 5) is 0. The molecule has 0 N–H and O–H groups in total. The molecule has 0 bridgehead atoms. The Hall–Kier alpha value is -5.14. The lowest BCUT2D eigenvalue weighted by atomic mass is 9.93. The standard InChI is InChI=1S/C33H23N.C10H14.C2H6/c1-22-18-20-23(21-19-22)25-16-9-17-30-31(25)32-28-14-7-5-12-26(28)27-13-6-8-15-29(27)33(32)34(30)24-10-3-2-4-11-24;1-3-9(2)10-7-5-4-6-8-10;1-2/h2-21H,1H3;4-9H,3H2,1-2H3;1-2H3. The van der Waals surface area contributed by atoms with Gasteiger partial charge >= 0.3 is 0 Å². The molecule has 1 heteroatoms. The molecule has 0 aliphatic rings. The van der Waals surface area contributed by atoms with Gasteiger partial charge in [0, 0.05) is 21.8 Å². The molecule has 8 rings (SSSR count). The molecule has 46 heavy (non-hydrogen) atoms. The number of hydrogen-bond donors (Lipinski definition) is 0. The summed E-state index contributed by atoms with van der Waals surface area (Å²) in [5.41, 5.74) is 8.95. The maximum Gasteiger partial charge on any atom is 0.0626 e. The quantitative estimate of drug-likeness (QED) is 0.178. The van der Waals surface area contributed by atoms with Gasteiger partial charge in [-0.3, -0.25) is 0 Å². The van der Waals surface area contributed by atoms with Crippen LogP contribution in [0.2, 0.25) is 0 Å². The SMILES string of the molecule is CC.CCC(C)c1ccccc1.Cc1ccc(-c2cccc3c2c2c4ccccc4c4ccccc4c2n3-c2ccccc2)cc1. The molecule has 0 aliphatic heterocycles. The van der Waals surface area contributed by atoms with Crippen LogP contribution in [0, 0.1) is 6.92 Å². The molecule has 1 nitrogen and oxygen atoms in total. The number of aromatic nitrogens is 1. The molecule has 7 aromatic carbocycles. The first kappa shape index (κ1) is 30.9. The Labute approximate surface area is 273 Å². The van der Waals surface area contributed by atoms with E-state index in [1.807, 2.05) is 13.8 Å². The fourth-order valence-corrected chi connectivity index (χ4v) is 6.55. The van der Waals surface area contributed by atoms with Crippen LogP contribution in [0.25, 0.3) is 60.2 Å². The zero-order valence-corrected chi connectivity index (χ0v) is 27.7. The molecule has 1 aromatic heterocycles. The summed E-state index contributed by atoms with van der Waals surface area (Å²) < 4.78 is 2.46. The number of rotatable bonds is 4. The number of nitrogens with zero attached hydrogens (tertiary/aromatic N) is 1. The number of hydrogen-bond acceptors (Lipinski definition) is 0. The second-order valence-electron chi connectivity index (χ2n) is 11.8. The van der Waals surface area contributed by atoms with Crippen molar-refractivity contribution in [3.8, 4) is 16.8 Å². The van der Waals surface area contributed by atoms with Crippen molar-refractivity contribution < 1.29 is 0 Å². The molecule has 0 saturated heterocycles. The highest BCUT2D eigenvalue weighted by molar-refractivity contribution is 6.34. The van der Waals surface area contributed by atoms with Gasteiger partial charge in [0.2, 0.25) is 0 Å². The minimum Gasteiger partial charge on any atom is -0.309 e. The van der Waals surface area contributed by atoms with Crippen LogP contribution in [0.3, 0.4) is 0 Å². The monoisotopic (exact) mass is 597 g/mol. The Morgan fingerprint density at radius 3 is 1.70 bits per heavy atom. The molecule has 1 heterocycles. The molecule has 1 atom stereocenters. The van der Waals surface area contributed by atoms with Gasteiger partial charge < -0.3 is 4.57 Å². The molecule has 0 aliphatic carbocycles. The summed E-state index contributed by atoms with van der Waals surface area (Å²) in [6.07, 6.45) is 1.23. The van der Waals surface area contributed by atoms with E-state index in [-0.39, 0.29) is 0 Å². The molecular weight excluding hydrogens is 555 g/mol. The lowest BCUT2D eigenvalue weighted by Gasteiger charge is -2.11. The van der Waals surface area contributed by atoms with Gasteiger partial charge in [-0.15, -0.1) is 0 Å². The molecule has 228 valence electrons. The van der Waals surface area contributed by atoms with E-state index in [2.05, 4.69) is 177 Å². The third kappa shape index (κ3) is 5.70. The molecule has 8 aromatic rings. The first-order chi connectivity index (χ1) is 22.7. The second kappa shape index (κ2) is 13.9. The molecular formula is C45H43N. The third-order valence-electron chi connectivity index (χ3n) is 9.02. The smallest absolute Gasteiger partial charge is 0.0626 e. The van der Waals surface area contributed by atoms with E-state index in [9.17, 15) is 0 Å². The zero-order valence-electron chi connectivity index (χ0n) is 27.7. The van der Waals surface area contributed by atoms with Crippen molar-refractivity contribution in [1.82, 2.24) is 4.57 Å². The van der Waals surface area contributed by atoms with Gasteiger partial charge in [0.15, 0.2) is 0 Å². The van der Waals surface area contributed by atoms with E-state index in [1.165, 1.54) is 77.7 Å². The van der Waals surface area contributed by atoms with Crippen LogP contribution in [0.15, 0.2) is 152 Å². The molecule has 0 amide bonds. The molecule has 1 unspecified atom stereocenters. The molecule has 0 fully saturated rings. The summed E-state index contributed by atoms with van der Waals surface area (Å²) >= 11 is 0. The Morgan fingerprint density at radius 2 is 1.07 bits per heavy atom. The number of aryl methyl sites for hydroxylation is 1.